The van der Waals surface area contributed by atoms with Crippen LogP contribution in [-0.2, 0) is 6.54 Å². The number of nitrogens with zero attached hydrogens (tertiary/aromatic N) is 3. The van der Waals surface area contributed by atoms with Gasteiger partial charge in [0.1, 0.15) is 5.69 Å². The Bertz CT molecular complexity index is 617. The highest BCUT2D eigenvalue weighted by atomic mass is 19.2. The van der Waals surface area contributed by atoms with Crippen LogP contribution in [0.3, 0.4) is 0 Å². The van der Waals surface area contributed by atoms with Crippen molar-refractivity contribution >= 4 is 0 Å². The Hall–Kier alpha value is -1.89. The molecule has 0 amide bonds. The van der Waals surface area contributed by atoms with Gasteiger partial charge in [0.2, 0.25) is 0 Å². The van der Waals surface area contributed by atoms with Gasteiger partial charge in [0, 0.05) is 24.2 Å². The van der Waals surface area contributed by atoms with Gasteiger partial charge in [-0.25, -0.2) is 17.9 Å². The van der Waals surface area contributed by atoms with Crippen LogP contribution in [-0.4, -0.2) is 20.5 Å². The molecule has 0 aliphatic heterocycles. The molecule has 2 rings (SSSR count). The zero-order valence-electron chi connectivity index (χ0n) is 11.4. The van der Waals surface area contributed by atoms with Crippen molar-refractivity contribution in [2.75, 3.05) is 0 Å². The Balaban J connectivity index is 2.35. The van der Waals surface area contributed by atoms with Gasteiger partial charge in [-0.3, -0.25) is 0 Å². The molecule has 1 aromatic heterocycles. The van der Waals surface area contributed by atoms with Crippen molar-refractivity contribution in [3.63, 3.8) is 0 Å². The second kappa shape index (κ2) is 5.24. The summed E-state index contributed by atoms with van der Waals surface area (Å²) in [6.45, 7) is 6.28. The fraction of sp³-hybridized carbons (Fsp3) is 0.385. The third kappa shape index (κ3) is 3.16. The zero-order chi connectivity index (χ0) is 14.9. The van der Waals surface area contributed by atoms with Gasteiger partial charge in [0.15, 0.2) is 17.5 Å². The number of aromatic nitrogens is 3. The number of benzene rings is 1. The van der Waals surface area contributed by atoms with Crippen molar-refractivity contribution in [2.45, 2.75) is 32.9 Å². The first-order chi connectivity index (χ1) is 9.28. The molecule has 0 unspecified atom stereocenters. The third-order valence-electron chi connectivity index (χ3n) is 2.64. The molecule has 4 nitrogen and oxygen atoms in total. The van der Waals surface area contributed by atoms with E-state index in [1.807, 2.05) is 20.8 Å². The van der Waals surface area contributed by atoms with Gasteiger partial charge in [-0.05, 0) is 20.8 Å². The number of hydrogen-bond acceptors (Lipinski definition) is 3. The molecule has 108 valence electrons. The Morgan fingerprint density at radius 1 is 1.10 bits per heavy atom. The zero-order valence-corrected chi connectivity index (χ0v) is 11.4. The van der Waals surface area contributed by atoms with Crippen LogP contribution >= 0.6 is 0 Å². The summed E-state index contributed by atoms with van der Waals surface area (Å²) in [6, 6.07) is 1.26. The number of nitrogens with one attached hydrogen (secondary N) is 1. The van der Waals surface area contributed by atoms with Gasteiger partial charge in [0.25, 0.3) is 0 Å². The summed E-state index contributed by atoms with van der Waals surface area (Å²) in [7, 11) is 0. The average molecular weight is 284 g/mol. The van der Waals surface area contributed by atoms with Gasteiger partial charge in [-0.2, -0.15) is 0 Å². The lowest BCUT2D eigenvalue weighted by Gasteiger charge is -2.20. The predicted octanol–water partition coefficient (Wildman–Crippen LogP) is 2.57. The Morgan fingerprint density at radius 2 is 1.75 bits per heavy atom. The van der Waals surface area contributed by atoms with E-state index >= 15 is 0 Å². The first-order valence-electron chi connectivity index (χ1n) is 6.07. The van der Waals surface area contributed by atoms with Crippen LogP contribution in [0.4, 0.5) is 13.2 Å². The average Bonchev–Trinajstić information content (AvgIpc) is 2.78. The number of rotatable bonds is 3. The van der Waals surface area contributed by atoms with Gasteiger partial charge < -0.3 is 5.32 Å². The Labute approximate surface area is 114 Å². The largest absolute Gasteiger partial charge is 0.306 e. The molecule has 20 heavy (non-hydrogen) atoms. The lowest BCUT2D eigenvalue weighted by Crippen LogP contribution is -2.35. The second-order valence-electron chi connectivity index (χ2n) is 5.46. The molecule has 0 spiro atoms. The van der Waals surface area contributed by atoms with Crippen LogP contribution in [0.5, 0.6) is 0 Å². The maximum Gasteiger partial charge on any atom is 0.161 e. The van der Waals surface area contributed by atoms with E-state index in [0.717, 1.165) is 10.7 Å². The normalized spacial score (nSPS) is 11.9. The molecule has 1 aromatic carbocycles. The predicted molar refractivity (Wildman–Crippen MR) is 67.8 cm³/mol. The molecule has 1 N–H and O–H groups in total. The molecular formula is C13H15F3N4. The van der Waals surface area contributed by atoms with E-state index in [-0.39, 0.29) is 11.2 Å². The topological polar surface area (TPSA) is 42.7 Å². The highest BCUT2D eigenvalue weighted by Crippen LogP contribution is 2.18. The highest BCUT2D eigenvalue weighted by molar-refractivity contribution is 5.35. The summed E-state index contributed by atoms with van der Waals surface area (Å²) in [5, 5.41) is 10.6. The van der Waals surface area contributed by atoms with E-state index in [1.165, 1.54) is 6.20 Å². The molecule has 0 saturated heterocycles. The third-order valence-corrected chi connectivity index (χ3v) is 2.64. The molecule has 0 fully saturated rings. The molecule has 0 saturated carbocycles. The lowest BCUT2D eigenvalue weighted by atomic mass is 10.1. The fourth-order valence-electron chi connectivity index (χ4n) is 1.61. The van der Waals surface area contributed by atoms with Gasteiger partial charge in [-0.15, -0.1) is 5.10 Å². The highest BCUT2D eigenvalue weighted by Gasteiger charge is 2.16. The molecule has 0 radical (unpaired) electrons. The summed E-state index contributed by atoms with van der Waals surface area (Å²) < 4.78 is 41.1. The minimum absolute atomic E-state index is 0.151. The van der Waals surface area contributed by atoms with Crippen molar-refractivity contribution < 1.29 is 13.2 Å². The summed E-state index contributed by atoms with van der Waals surface area (Å²) >= 11 is 0. The molecule has 0 aliphatic rings. The van der Waals surface area contributed by atoms with Crippen molar-refractivity contribution in [3.8, 4) is 5.69 Å². The number of halogens is 3. The first-order valence-corrected chi connectivity index (χ1v) is 6.07. The van der Waals surface area contributed by atoms with Crippen LogP contribution in [0.2, 0.25) is 0 Å². The molecule has 2 aromatic rings. The number of hydrogen-bond donors (Lipinski definition) is 1. The minimum atomic E-state index is -1.24. The van der Waals surface area contributed by atoms with Crippen molar-refractivity contribution in [1.82, 2.24) is 20.3 Å². The summed E-state index contributed by atoms with van der Waals surface area (Å²) in [5.74, 6) is -3.27. The fourth-order valence-corrected chi connectivity index (χ4v) is 1.61. The Kier molecular flexibility index (Phi) is 3.80. The molecule has 1 heterocycles. The van der Waals surface area contributed by atoms with Crippen LogP contribution in [0, 0.1) is 17.5 Å². The first kappa shape index (κ1) is 14.5. The van der Waals surface area contributed by atoms with Crippen molar-refractivity contribution in [2.24, 2.45) is 0 Å². The van der Waals surface area contributed by atoms with Crippen LogP contribution in [0.15, 0.2) is 18.3 Å². The summed E-state index contributed by atoms with van der Waals surface area (Å²) in [4.78, 5) is 0. The van der Waals surface area contributed by atoms with Crippen molar-refractivity contribution in [1.29, 1.82) is 0 Å². The van der Waals surface area contributed by atoms with E-state index < -0.39 is 17.5 Å². The maximum atomic E-state index is 13.7. The second-order valence-corrected chi connectivity index (χ2v) is 5.46. The van der Waals surface area contributed by atoms with E-state index in [9.17, 15) is 13.2 Å². The Morgan fingerprint density at radius 3 is 2.40 bits per heavy atom. The van der Waals surface area contributed by atoms with E-state index in [4.69, 9.17) is 0 Å². The van der Waals surface area contributed by atoms with Crippen LogP contribution in [0.25, 0.3) is 5.69 Å². The van der Waals surface area contributed by atoms with Gasteiger partial charge >= 0.3 is 0 Å². The van der Waals surface area contributed by atoms with Crippen LogP contribution in [0.1, 0.15) is 26.5 Å². The smallest absolute Gasteiger partial charge is 0.161 e. The standard InChI is InChI=1S/C13H15F3N4/c1-13(2,3)17-6-8-7-18-19-20(8)12-5-10(15)9(14)4-11(12)16/h4-5,7,17H,6H2,1-3H3. The van der Waals surface area contributed by atoms with Gasteiger partial charge in [-0.1, -0.05) is 5.21 Å². The minimum Gasteiger partial charge on any atom is -0.306 e. The van der Waals surface area contributed by atoms with Crippen LogP contribution < -0.4 is 5.32 Å². The molecule has 0 atom stereocenters. The van der Waals surface area contributed by atoms with E-state index in [0.29, 0.717) is 18.3 Å². The summed E-state index contributed by atoms with van der Waals surface area (Å²) in [6.07, 6.45) is 1.44. The van der Waals surface area contributed by atoms with E-state index in [2.05, 4.69) is 15.6 Å². The molecule has 7 heteroatoms. The summed E-state index contributed by atoms with van der Waals surface area (Å²) in [5.41, 5.74) is 0.221. The quantitative estimate of drug-likeness (QED) is 0.881. The van der Waals surface area contributed by atoms with Gasteiger partial charge in [0.05, 0.1) is 11.9 Å². The molecular weight excluding hydrogens is 269 g/mol. The lowest BCUT2D eigenvalue weighted by molar-refractivity contribution is 0.417. The SMILES string of the molecule is CC(C)(C)NCc1cnnn1-c1cc(F)c(F)cc1F. The van der Waals surface area contributed by atoms with Crippen molar-refractivity contribution in [3.05, 3.63) is 41.5 Å². The monoisotopic (exact) mass is 284 g/mol. The maximum absolute atomic E-state index is 13.7. The molecule has 0 bridgehead atoms. The van der Waals surface area contributed by atoms with E-state index in [1.54, 1.807) is 0 Å². The molecule has 0 aliphatic carbocycles.